The number of hydrazone groups is 1. The number of hydrazine groups is 1. The number of nitrogens with one attached hydrogen (secondary N) is 1. The van der Waals surface area contributed by atoms with Gasteiger partial charge in [-0.2, -0.15) is 5.10 Å². The lowest BCUT2D eigenvalue weighted by Crippen LogP contribution is -2.25. The van der Waals surface area contributed by atoms with Crippen LogP contribution in [0.2, 0.25) is 0 Å². The summed E-state index contributed by atoms with van der Waals surface area (Å²) in [5.41, 5.74) is 10.3. The van der Waals surface area contributed by atoms with Gasteiger partial charge in [0.05, 0.1) is 12.3 Å². The van der Waals surface area contributed by atoms with Crippen LogP contribution < -0.4 is 11.2 Å². The highest BCUT2D eigenvalue weighted by atomic mass is 16.3. The highest BCUT2D eigenvalue weighted by Gasteiger charge is 2.30. The molecule has 24 heavy (non-hydrogen) atoms. The Balaban J connectivity index is 2.81. The molecule has 0 amide bonds. The van der Waals surface area contributed by atoms with E-state index in [1.807, 2.05) is 6.92 Å². The van der Waals surface area contributed by atoms with Gasteiger partial charge in [-0.3, -0.25) is 0 Å². The van der Waals surface area contributed by atoms with Crippen LogP contribution in [0.25, 0.3) is 0 Å². The van der Waals surface area contributed by atoms with E-state index in [-0.39, 0.29) is 11.8 Å². The van der Waals surface area contributed by atoms with Crippen LogP contribution >= 0.6 is 0 Å². The minimum absolute atomic E-state index is 0.141. The fourth-order valence-electron chi connectivity index (χ4n) is 2.04. The Bertz CT molecular complexity index is 533. The summed E-state index contributed by atoms with van der Waals surface area (Å²) in [5, 5.41) is 25.6. The van der Waals surface area contributed by atoms with Crippen LogP contribution in [0.15, 0.2) is 52.9 Å². The second-order valence-electron chi connectivity index (χ2n) is 5.92. The molecule has 0 heterocycles. The second-order valence-corrected chi connectivity index (χ2v) is 5.92. The fraction of sp³-hybridized carbons (Fsp3) is 0.500. The molecule has 0 bridgehead atoms. The van der Waals surface area contributed by atoms with E-state index in [9.17, 15) is 10.2 Å². The molecule has 0 spiro atoms. The number of allylic oxidation sites excluding steroid dienone is 2. The summed E-state index contributed by atoms with van der Waals surface area (Å²) < 4.78 is 0. The number of rotatable bonds is 10. The average Bonchev–Trinajstić information content (AvgIpc) is 3.40. The van der Waals surface area contributed by atoms with Crippen LogP contribution in [-0.2, 0) is 0 Å². The Morgan fingerprint density at radius 1 is 1.50 bits per heavy atom. The van der Waals surface area contributed by atoms with Crippen LogP contribution in [0.3, 0.4) is 0 Å². The molecular weight excluding hydrogens is 304 g/mol. The molecule has 6 nitrogen and oxygen atoms in total. The molecule has 0 saturated heterocycles. The fourth-order valence-corrected chi connectivity index (χ4v) is 2.04. The minimum Gasteiger partial charge on any atom is -0.508 e. The standard InChI is InChI=1S/C18H30N4O2/c1-5-6-16(23)11-15(18(19)14-7-8-14)9-10-17(24)13(2)12-21-22(4)20-3/h6,9-12,14,17-18,20,23-24H,2,5,7-8,19H2,1,3-4H3/b10-9+,15-11-,16-6+,21-12+. The number of nitrogens with two attached hydrogens (primary N) is 1. The Morgan fingerprint density at radius 3 is 2.71 bits per heavy atom. The maximum Gasteiger partial charge on any atom is 0.111 e. The average molecular weight is 334 g/mol. The van der Waals surface area contributed by atoms with E-state index >= 15 is 0 Å². The van der Waals surface area contributed by atoms with Gasteiger partial charge in [-0.1, -0.05) is 25.7 Å². The van der Waals surface area contributed by atoms with Crippen LogP contribution in [-0.4, -0.2) is 47.8 Å². The van der Waals surface area contributed by atoms with Crippen molar-refractivity contribution in [1.29, 1.82) is 0 Å². The molecule has 5 N–H and O–H groups in total. The quantitative estimate of drug-likeness (QED) is 0.212. The first-order chi connectivity index (χ1) is 11.4. The molecule has 0 radical (unpaired) electrons. The summed E-state index contributed by atoms with van der Waals surface area (Å²) in [6.45, 7) is 5.76. The molecule has 6 heteroatoms. The topological polar surface area (TPSA) is 94.1 Å². The lowest BCUT2D eigenvalue weighted by atomic mass is 10.0. The summed E-state index contributed by atoms with van der Waals surface area (Å²) in [6, 6.07) is -0.141. The van der Waals surface area contributed by atoms with Gasteiger partial charge in [0.1, 0.15) is 5.76 Å². The van der Waals surface area contributed by atoms with E-state index in [2.05, 4.69) is 17.1 Å². The maximum absolute atomic E-state index is 10.2. The first kappa shape index (κ1) is 20.2. The zero-order valence-electron chi connectivity index (χ0n) is 14.8. The predicted octanol–water partition coefficient (Wildman–Crippen LogP) is 2.03. The van der Waals surface area contributed by atoms with E-state index in [0.29, 0.717) is 11.5 Å². The molecule has 0 aromatic rings. The zero-order chi connectivity index (χ0) is 18.1. The molecule has 2 atom stereocenters. The van der Waals surface area contributed by atoms with Gasteiger partial charge >= 0.3 is 0 Å². The van der Waals surface area contributed by atoms with Gasteiger partial charge < -0.3 is 15.9 Å². The lowest BCUT2D eigenvalue weighted by molar-refractivity contribution is 0.261. The summed E-state index contributed by atoms with van der Waals surface area (Å²) in [7, 11) is 3.48. The summed E-state index contributed by atoms with van der Waals surface area (Å²) in [6.07, 6.45) is 10.3. The minimum atomic E-state index is -0.869. The number of hydrogen-bond acceptors (Lipinski definition) is 6. The zero-order valence-corrected chi connectivity index (χ0v) is 14.8. The highest BCUT2D eigenvalue weighted by molar-refractivity contribution is 5.79. The first-order valence-corrected chi connectivity index (χ1v) is 8.25. The Hall–Kier alpha value is -1.89. The summed E-state index contributed by atoms with van der Waals surface area (Å²) >= 11 is 0. The van der Waals surface area contributed by atoms with E-state index in [1.165, 1.54) is 11.3 Å². The number of nitrogens with zero attached hydrogens (tertiary/aromatic N) is 2. The van der Waals surface area contributed by atoms with Gasteiger partial charge in [0.2, 0.25) is 0 Å². The molecule has 0 aliphatic heterocycles. The third-order valence-electron chi connectivity index (χ3n) is 3.81. The third kappa shape index (κ3) is 7.12. The van der Waals surface area contributed by atoms with Crippen LogP contribution in [0, 0.1) is 5.92 Å². The molecule has 1 rings (SSSR count). The van der Waals surface area contributed by atoms with E-state index in [1.54, 1.807) is 38.4 Å². The third-order valence-corrected chi connectivity index (χ3v) is 3.81. The maximum atomic E-state index is 10.2. The van der Waals surface area contributed by atoms with Crippen LogP contribution in [0.5, 0.6) is 0 Å². The largest absolute Gasteiger partial charge is 0.508 e. The lowest BCUT2D eigenvalue weighted by Gasteiger charge is -2.14. The second kappa shape index (κ2) is 10.1. The molecule has 0 aromatic carbocycles. The van der Waals surface area contributed by atoms with Gasteiger partial charge in [-0.15, -0.1) is 0 Å². The van der Waals surface area contributed by atoms with Gasteiger partial charge in [0.25, 0.3) is 0 Å². The van der Waals surface area contributed by atoms with Crippen molar-refractivity contribution in [1.82, 2.24) is 10.5 Å². The van der Waals surface area contributed by atoms with Gasteiger partial charge in [0, 0.05) is 20.1 Å². The number of aliphatic hydroxyl groups excluding tert-OH is 2. The summed E-state index contributed by atoms with van der Waals surface area (Å²) in [5.74, 6) is 0.639. The predicted molar refractivity (Wildman–Crippen MR) is 99.4 cm³/mol. The van der Waals surface area contributed by atoms with Crippen molar-refractivity contribution in [3.05, 3.63) is 47.8 Å². The van der Waals surface area contributed by atoms with Crippen molar-refractivity contribution in [3.8, 4) is 0 Å². The van der Waals surface area contributed by atoms with Gasteiger partial charge in [-0.05, 0) is 48.5 Å². The van der Waals surface area contributed by atoms with Gasteiger partial charge in [-0.25, -0.2) is 10.5 Å². The highest BCUT2D eigenvalue weighted by Crippen LogP contribution is 2.35. The van der Waals surface area contributed by atoms with Crippen molar-refractivity contribution in [2.75, 3.05) is 14.1 Å². The van der Waals surface area contributed by atoms with Crippen molar-refractivity contribution < 1.29 is 10.2 Å². The smallest absolute Gasteiger partial charge is 0.111 e. The molecule has 0 aromatic heterocycles. The van der Waals surface area contributed by atoms with E-state index in [0.717, 1.165) is 24.8 Å². The van der Waals surface area contributed by atoms with E-state index in [4.69, 9.17) is 5.73 Å². The number of aliphatic hydroxyl groups is 2. The van der Waals surface area contributed by atoms with Crippen molar-refractivity contribution in [3.63, 3.8) is 0 Å². The SMILES string of the molecule is C=C(/C=N/N(C)NC)C(O)/C=C/C(=C/C(O)=C\CC)C(N)C1CC1. The van der Waals surface area contributed by atoms with Gasteiger partial charge in [0.15, 0.2) is 0 Å². The van der Waals surface area contributed by atoms with E-state index < -0.39 is 6.10 Å². The Kier molecular flexibility index (Phi) is 8.46. The molecular formula is C18H30N4O2. The van der Waals surface area contributed by atoms with Crippen LogP contribution in [0.1, 0.15) is 26.2 Å². The molecule has 1 saturated carbocycles. The van der Waals surface area contributed by atoms with Crippen LogP contribution in [0.4, 0.5) is 0 Å². The molecule has 1 aliphatic carbocycles. The molecule has 134 valence electrons. The summed E-state index contributed by atoms with van der Waals surface area (Å²) in [4.78, 5) is 0. The number of hydrogen-bond donors (Lipinski definition) is 4. The Labute approximate surface area is 144 Å². The molecule has 1 fully saturated rings. The van der Waals surface area contributed by atoms with Crippen molar-refractivity contribution >= 4 is 6.21 Å². The van der Waals surface area contributed by atoms with Crippen molar-refractivity contribution in [2.24, 2.45) is 16.8 Å². The first-order valence-electron chi connectivity index (χ1n) is 8.25. The monoisotopic (exact) mass is 334 g/mol. The normalized spacial score (nSPS) is 19.0. The molecule has 1 aliphatic rings. The van der Waals surface area contributed by atoms with Crippen molar-refractivity contribution in [2.45, 2.75) is 38.3 Å². The molecule has 2 unspecified atom stereocenters. The Morgan fingerprint density at radius 2 is 2.17 bits per heavy atom.